The highest BCUT2D eigenvalue weighted by Crippen LogP contribution is 2.29. The molecule has 0 aliphatic heterocycles. The predicted molar refractivity (Wildman–Crippen MR) is 104 cm³/mol. The molecule has 4 rings (SSSR count). The van der Waals surface area contributed by atoms with E-state index in [1.807, 2.05) is 54.6 Å². The molecule has 0 aliphatic carbocycles. The van der Waals surface area contributed by atoms with Crippen LogP contribution in [0.5, 0.6) is 0 Å². The van der Waals surface area contributed by atoms with Gasteiger partial charge in [0.15, 0.2) is 22.8 Å². The SMILES string of the molecule is Nc1nc(N)c2nc(-c3ccc(C(O)c4ccccc4)cc3)c(N)nc2n1. The zero-order valence-electron chi connectivity index (χ0n) is 14.2. The van der Waals surface area contributed by atoms with Gasteiger partial charge in [-0.15, -0.1) is 0 Å². The highest BCUT2D eigenvalue weighted by molar-refractivity contribution is 5.87. The number of hydrogen-bond acceptors (Lipinski definition) is 8. The summed E-state index contributed by atoms with van der Waals surface area (Å²) >= 11 is 0. The van der Waals surface area contributed by atoms with E-state index in [0.717, 1.165) is 16.7 Å². The smallest absolute Gasteiger partial charge is 0.224 e. The fourth-order valence-electron chi connectivity index (χ4n) is 2.86. The Morgan fingerprint density at radius 3 is 2.07 bits per heavy atom. The Kier molecular flexibility index (Phi) is 4.02. The van der Waals surface area contributed by atoms with Crippen molar-refractivity contribution in [3.05, 3.63) is 65.7 Å². The summed E-state index contributed by atoms with van der Waals surface area (Å²) in [5, 5.41) is 10.5. The second-order valence-electron chi connectivity index (χ2n) is 6.03. The lowest BCUT2D eigenvalue weighted by molar-refractivity contribution is 0.220. The van der Waals surface area contributed by atoms with Crippen molar-refractivity contribution in [1.29, 1.82) is 0 Å². The minimum Gasteiger partial charge on any atom is -0.384 e. The van der Waals surface area contributed by atoms with Gasteiger partial charge >= 0.3 is 0 Å². The van der Waals surface area contributed by atoms with Crippen molar-refractivity contribution in [1.82, 2.24) is 19.9 Å². The van der Waals surface area contributed by atoms with Crippen LogP contribution in [-0.4, -0.2) is 25.0 Å². The average Bonchev–Trinajstić information content (AvgIpc) is 2.68. The Balaban J connectivity index is 1.73. The molecule has 8 heteroatoms. The van der Waals surface area contributed by atoms with E-state index in [0.29, 0.717) is 11.2 Å². The number of anilines is 3. The van der Waals surface area contributed by atoms with E-state index in [1.165, 1.54) is 0 Å². The second-order valence-corrected chi connectivity index (χ2v) is 6.03. The van der Waals surface area contributed by atoms with E-state index in [2.05, 4.69) is 19.9 Å². The molecular weight excluding hydrogens is 342 g/mol. The first-order valence-corrected chi connectivity index (χ1v) is 8.22. The molecule has 1 unspecified atom stereocenters. The van der Waals surface area contributed by atoms with Crippen LogP contribution in [0.4, 0.5) is 17.6 Å². The molecule has 0 fully saturated rings. The molecule has 0 spiro atoms. The summed E-state index contributed by atoms with van der Waals surface area (Å²) in [6, 6.07) is 16.7. The number of rotatable bonds is 3. The summed E-state index contributed by atoms with van der Waals surface area (Å²) < 4.78 is 0. The van der Waals surface area contributed by atoms with Crippen molar-refractivity contribution < 1.29 is 5.11 Å². The van der Waals surface area contributed by atoms with Gasteiger partial charge in [0, 0.05) is 5.56 Å². The molecule has 8 nitrogen and oxygen atoms in total. The molecule has 0 aliphatic rings. The molecule has 4 aromatic rings. The second kappa shape index (κ2) is 6.50. The number of hydrogen-bond donors (Lipinski definition) is 4. The van der Waals surface area contributed by atoms with Crippen LogP contribution in [0.25, 0.3) is 22.4 Å². The standard InChI is InChI=1S/C19H17N7O/c20-16-13(23-14-17(21)25-19(22)26-18(14)24-16)10-6-8-12(9-7-10)15(27)11-4-2-1-3-5-11/h1-9,15,27H,(H6,20,21,22,24,25,26). The third-order valence-electron chi connectivity index (χ3n) is 4.22. The molecule has 0 saturated carbocycles. The number of nitrogen functional groups attached to an aromatic ring is 3. The Morgan fingerprint density at radius 1 is 0.704 bits per heavy atom. The van der Waals surface area contributed by atoms with Gasteiger partial charge < -0.3 is 22.3 Å². The van der Waals surface area contributed by atoms with Crippen molar-refractivity contribution in [2.45, 2.75) is 6.10 Å². The lowest BCUT2D eigenvalue weighted by Gasteiger charge is -2.12. The van der Waals surface area contributed by atoms with E-state index in [4.69, 9.17) is 17.2 Å². The van der Waals surface area contributed by atoms with Crippen molar-refractivity contribution in [3.63, 3.8) is 0 Å². The van der Waals surface area contributed by atoms with Crippen LogP contribution in [0.2, 0.25) is 0 Å². The van der Waals surface area contributed by atoms with Crippen LogP contribution >= 0.6 is 0 Å². The molecule has 1 atom stereocenters. The van der Waals surface area contributed by atoms with Gasteiger partial charge in [-0.05, 0) is 11.1 Å². The fraction of sp³-hybridized carbons (Fsp3) is 0.0526. The number of aliphatic hydroxyl groups is 1. The van der Waals surface area contributed by atoms with Crippen molar-refractivity contribution >= 4 is 28.7 Å². The molecule has 0 saturated heterocycles. The van der Waals surface area contributed by atoms with Crippen LogP contribution in [0.15, 0.2) is 54.6 Å². The van der Waals surface area contributed by atoms with Gasteiger partial charge in [-0.1, -0.05) is 54.6 Å². The number of benzene rings is 2. The Bertz CT molecular complexity index is 1110. The highest BCUT2D eigenvalue weighted by atomic mass is 16.3. The van der Waals surface area contributed by atoms with Crippen LogP contribution in [0.3, 0.4) is 0 Å². The lowest BCUT2D eigenvalue weighted by atomic mass is 10.00. The first-order valence-electron chi connectivity index (χ1n) is 8.22. The van der Waals surface area contributed by atoms with Crippen molar-refractivity contribution in [3.8, 4) is 11.3 Å². The topological polar surface area (TPSA) is 150 Å². The van der Waals surface area contributed by atoms with E-state index < -0.39 is 6.10 Å². The van der Waals surface area contributed by atoms with Gasteiger partial charge in [-0.3, -0.25) is 0 Å². The zero-order valence-corrected chi connectivity index (χ0v) is 14.2. The summed E-state index contributed by atoms with van der Waals surface area (Å²) in [6.45, 7) is 0. The zero-order chi connectivity index (χ0) is 19.0. The maximum atomic E-state index is 10.5. The Hall–Kier alpha value is -3.78. The van der Waals surface area contributed by atoms with Crippen molar-refractivity contribution in [2.24, 2.45) is 0 Å². The summed E-state index contributed by atoms with van der Waals surface area (Å²) in [6.07, 6.45) is -0.715. The van der Waals surface area contributed by atoms with Gasteiger partial charge in [-0.2, -0.15) is 9.97 Å². The third kappa shape index (κ3) is 3.09. The van der Waals surface area contributed by atoms with Crippen LogP contribution in [0, 0.1) is 0 Å². The minimum atomic E-state index is -0.715. The quantitative estimate of drug-likeness (QED) is 0.433. The normalized spacial score (nSPS) is 12.2. The van der Waals surface area contributed by atoms with Gasteiger partial charge in [0.1, 0.15) is 11.8 Å². The van der Waals surface area contributed by atoms with Crippen LogP contribution in [0.1, 0.15) is 17.2 Å². The van der Waals surface area contributed by atoms with Gasteiger partial charge in [0.2, 0.25) is 5.95 Å². The van der Waals surface area contributed by atoms with E-state index in [9.17, 15) is 5.11 Å². The van der Waals surface area contributed by atoms with Gasteiger partial charge in [0.25, 0.3) is 0 Å². The number of aromatic nitrogens is 4. The van der Waals surface area contributed by atoms with Crippen LogP contribution < -0.4 is 17.2 Å². The fourth-order valence-corrected chi connectivity index (χ4v) is 2.86. The summed E-state index contributed by atoms with van der Waals surface area (Å²) in [5.41, 5.74) is 20.9. The summed E-state index contributed by atoms with van der Waals surface area (Å²) in [5.74, 6) is 0.361. The van der Waals surface area contributed by atoms with Crippen molar-refractivity contribution in [2.75, 3.05) is 17.2 Å². The molecule has 0 bridgehead atoms. The number of nitrogens with two attached hydrogens (primary N) is 3. The molecule has 27 heavy (non-hydrogen) atoms. The van der Waals surface area contributed by atoms with Gasteiger partial charge in [-0.25, -0.2) is 9.97 Å². The first kappa shape index (κ1) is 16.7. The molecular formula is C19H17N7O. The maximum absolute atomic E-state index is 10.5. The van der Waals surface area contributed by atoms with E-state index >= 15 is 0 Å². The largest absolute Gasteiger partial charge is 0.384 e. The predicted octanol–water partition coefficient (Wildman–Crippen LogP) is 1.92. The maximum Gasteiger partial charge on any atom is 0.224 e. The number of nitrogens with zero attached hydrogens (tertiary/aromatic N) is 4. The first-order chi connectivity index (χ1) is 13.0. The third-order valence-corrected chi connectivity index (χ3v) is 4.22. The molecule has 0 amide bonds. The molecule has 134 valence electrons. The number of aliphatic hydroxyl groups excluding tert-OH is 1. The molecule has 2 heterocycles. The minimum absolute atomic E-state index is 0.0145. The summed E-state index contributed by atoms with van der Waals surface area (Å²) in [7, 11) is 0. The van der Waals surface area contributed by atoms with E-state index in [-0.39, 0.29) is 23.2 Å². The van der Waals surface area contributed by atoms with Gasteiger partial charge in [0.05, 0.1) is 0 Å². The molecule has 7 N–H and O–H groups in total. The van der Waals surface area contributed by atoms with E-state index in [1.54, 1.807) is 0 Å². The summed E-state index contributed by atoms with van der Waals surface area (Å²) in [4.78, 5) is 16.6. The molecule has 2 aromatic heterocycles. The monoisotopic (exact) mass is 359 g/mol. The molecule has 0 radical (unpaired) electrons. The average molecular weight is 359 g/mol. The Labute approximate surface area is 154 Å². The lowest BCUT2D eigenvalue weighted by Crippen LogP contribution is -2.06. The molecule has 2 aromatic carbocycles. The Morgan fingerprint density at radius 2 is 1.37 bits per heavy atom. The number of fused-ring (bicyclic) bond motifs is 1. The highest BCUT2D eigenvalue weighted by Gasteiger charge is 2.14. The van der Waals surface area contributed by atoms with Crippen LogP contribution in [-0.2, 0) is 0 Å².